The molecular weight excluding hydrogens is 291 g/mol. The van der Waals surface area contributed by atoms with Gasteiger partial charge in [-0.3, -0.25) is 4.79 Å². The van der Waals surface area contributed by atoms with Crippen molar-refractivity contribution in [3.8, 4) is 5.75 Å². The summed E-state index contributed by atoms with van der Waals surface area (Å²) in [4.78, 5) is 23.6. The molecule has 0 heterocycles. The maximum absolute atomic E-state index is 12.1. The number of halogens is 3. The standard InChI is InChI=1S/C13H12F3NO4/c14-13(15,16)21-10-5-1-8(2-6-10)11(12(19)20)17(7-18)9-3-4-9/h1-2,5-7,9,11H,3-4H2,(H,19,20). The second-order valence-electron chi connectivity index (χ2n) is 4.64. The minimum absolute atomic E-state index is 0.130. The predicted molar refractivity (Wildman–Crippen MR) is 64.4 cm³/mol. The molecule has 1 saturated carbocycles. The molecule has 1 atom stereocenters. The van der Waals surface area contributed by atoms with Gasteiger partial charge in [0.1, 0.15) is 5.75 Å². The number of carboxylic acids is 1. The van der Waals surface area contributed by atoms with E-state index in [1.165, 1.54) is 17.0 Å². The number of ether oxygens (including phenoxy) is 1. The molecule has 8 heteroatoms. The minimum Gasteiger partial charge on any atom is -0.479 e. The fourth-order valence-electron chi connectivity index (χ4n) is 2.02. The first-order valence-corrected chi connectivity index (χ1v) is 6.13. The van der Waals surface area contributed by atoms with E-state index in [-0.39, 0.29) is 11.6 Å². The third kappa shape index (κ3) is 3.87. The van der Waals surface area contributed by atoms with Gasteiger partial charge in [-0.1, -0.05) is 12.1 Å². The van der Waals surface area contributed by atoms with Crippen molar-refractivity contribution in [2.24, 2.45) is 0 Å². The van der Waals surface area contributed by atoms with E-state index < -0.39 is 24.1 Å². The Bertz CT molecular complexity index is 525. The number of alkyl halides is 3. The number of carbonyl (C=O) groups excluding carboxylic acids is 1. The van der Waals surface area contributed by atoms with Crippen LogP contribution in [0.2, 0.25) is 0 Å². The van der Waals surface area contributed by atoms with Crippen molar-refractivity contribution in [2.45, 2.75) is 31.3 Å². The molecule has 0 aromatic heterocycles. The molecule has 0 bridgehead atoms. The predicted octanol–water partition coefficient (Wildman–Crippen LogP) is 2.33. The highest BCUT2D eigenvalue weighted by atomic mass is 19.4. The third-order valence-corrected chi connectivity index (χ3v) is 3.05. The first-order chi connectivity index (χ1) is 9.81. The lowest BCUT2D eigenvalue weighted by molar-refractivity contribution is -0.274. The SMILES string of the molecule is O=CN(C1CC1)C(C(=O)O)c1ccc(OC(F)(F)F)cc1. The van der Waals surface area contributed by atoms with E-state index in [0.29, 0.717) is 6.41 Å². The number of amides is 1. The van der Waals surface area contributed by atoms with Gasteiger partial charge in [0.05, 0.1) is 0 Å². The summed E-state index contributed by atoms with van der Waals surface area (Å²) in [6.45, 7) is 0. The highest BCUT2D eigenvalue weighted by Gasteiger charge is 2.37. The summed E-state index contributed by atoms with van der Waals surface area (Å²) in [5.41, 5.74) is 0.219. The van der Waals surface area contributed by atoms with Gasteiger partial charge in [0.25, 0.3) is 0 Å². The smallest absolute Gasteiger partial charge is 0.479 e. The zero-order chi connectivity index (χ0) is 15.6. The molecule has 1 fully saturated rings. The van der Waals surface area contributed by atoms with Crippen LogP contribution >= 0.6 is 0 Å². The van der Waals surface area contributed by atoms with Gasteiger partial charge in [0.15, 0.2) is 6.04 Å². The number of hydrogen-bond acceptors (Lipinski definition) is 3. The monoisotopic (exact) mass is 303 g/mol. The van der Waals surface area contributed by atoms with Crippen LogP contribution in [0.4, 0.5) is 13.2 Å². The number of carbonyl (C=O) groups is 2. The van der Waals surface area contributed by atoms with Crippen LogP contribution in [0.5, 0.6) is 5.75 Å². The van der Waals surface area contributed by atoms with E-state index in [1.807, 2.05) is 0 Å². The highest BCUT2D eigenvalue weighted by Crippen LogP contribution is 2.34. The van der Waals surface area contributed by atoms with Crippen molar-refractivity contribution in [1.82, 2.24) is 4.90 Å². The number of aliphatic carboxylic acids is 1. The number of hydrogen-bond donors (Lipinski definition) is 1. The molecule has 5 nitrogen and oxygen atoms in total. The fourth-order valence-corrected chi connectivity index (χ4v) is 2.02. The van der Waals surface area contributed by atoms with Crippen molar-refractivity contribution >= 4 is 12.4 Å². The van der Waals surface area contributed by atoms with Crippen LogP contribution in [-0.4, -0.2) is 34.8 Å². The molecular formula is C13H12F3NO4. The molecule has 1 aromatic rings. The Kier molecular flexibility index (Phi) is 4.06. The Labute approximate surface area is 117 Å². The largest absolute Gasteiger partial charge is 0.573 e. The average molecular weight is 303 g/mol. The fraction of sp³-hybridized carbons (Fsp3) is 0.385. The van der Waals surface area contributed by atoms with Gasteiger partial charge >= 0.3 is 12.3 Å². The normalized spacial score (nSPS) is 16.1. The Morgan fingerprint density at radius 1 is 1.33 bits per heavy atom. The zero-order valence-corrected chi connectivity index (χ0v) is 10.7. The van der Waals surface area contributed by atoms with Crippen molar-refractivity contribution in [3.63, 3.8) is 0 Å². The topological polar surface area (TPSA) is 66.8 Å². The van der Waals surface area contributed by atoms with E-state index in [2.05, 4.69) is 4.74 Å². The summed E-state index contributed by atoms with van der Waals surface area (Å²) in [6, 6.07) is 3.12. The molecule has 0 spiro atoms. The Balaban J connectivity index is 2.21. The lowest BCUT2D eigenvalue weighted by atomic mass is 10.1. The maximum Gasteiger partial charge on any atom is 0.573 e. The Morgan fingerprint density at radius 2 is 1.90 bits per heavy atom. The van der Waals surface area contributed by atoms with Gasteiger partial charge < -0.3 is 14.7 Å². The molecule has 1 N–H and O–H groups in total. The van der Waals surface area contributed by atoms with Gasteiger partial charge in [-0.15, -0.1) is 13.2 Å². The van der Waals surface area contributed by atoms with E-state index in [4.69, 9.17) is 0 Å². The average Bonchev–Trinajstić information content (AvgIpc) is 3.19. The molecule has 0 radical (unpaired) electrons. The molecule has 114 valence electrons. The van der Waals surface area contributed by atoms with Gasteiger partial charge in [0.2, 0.25) is 6.41 Å². The van der Waals surface area contributed by atoms with Crippen LogP contribution in [0.1, 0.15) is 24.4 Å². The molecule has 21 heavy (non-hydrogen) atoms. The van der Waals surface area contributed by atoms with Crippen LogP contribution in [0.3, 0.4) is 0 Å². The van der Waals surface area contributed by atoms with E-state index in [0.717, 1.165) is 25.0 Å². The number of benzene rings is 1. The van der Waals surface area contributed by atoms with Gasteiger partial charge in [-0.05, 0) is 30.5 Å². The summed E-state index contributed by atoms with van der Waals surface area (Å²) >= 11 is 0. The first kappa shape index (κ1) is 15.1. The summed E-state index contributed by atoms with van der Waals surface area (Å²) in [6.07, 6.45) is -2.91. The summed E-state index contributed by atoms with van der Waals surface area (Å²) in [7, 11) is 0. The second kappa shape index (κ2) is 5.63. The van der Waals surface area contributed by atoms with Crippen molar-refractivity contribution in [3.05, 3.63) is 29.8 Å². The first-order valence-electron chi connectivity index (χ1n) is 6.13. The number of rotatable bonds is 6. The summed E-state index contributed by atoms with van der Waals surface area (Å²) < 4.78 is 39.9. The summed E-state index contributed by atoms with van der Waals surface area (Å²) in [5.74, 6) is -1.68. The zero-order valence-electron chi connectivity index (χ0n) is 10.7. The lowest BCUT2D eigenvalue weighted by Gasteiger charge is -2.25. The lowest BCUT2D eigenvalue weighted by Crippen LogP contribution is -2.34. The van der Waals surface area contributed by atoms with Crippen LogP contribution in [0.15, 0.2) is 24.3 Å². The third-order valence-electron chi connectivity index (χ3n) is 3.05. The number of nitrogens with zero attached hydrogens (tertiary/aromatic N) is 1. The minimum atomic E-state index is -4.81. The van der Waals surface area contributed by atoms with Gasteiger partial charge in [-0.25, -0.2) is 4.79 Å². The Hall–Kier alpha value is -2.25. The van der Waals surface area contributed by atoms with Crippen molar-refractivity contribution in [1.29, 1.82) is 0 Å². The van der Waals surface area contributed by atoms with E-state index >= 15 is 0 Å². The van der Waals surface area contributed by atoms with Crippen molar-refractivity contribution < 1.29 is 32.6 Å². The number of carboxylic acid groups (broad SMARTS) is 1. The molecule has 1 amide bonds. The Morgan fingerprint density at radius 3 is 2.29 bits per heavy atom. The molecule has 0 saturated heterocycles. The molecule has 0 aliphatic heterocycles. The van der Waals surface area contributed by atoms with Crippen LogP contribution in [0, 0.1) is 0 Å². The quantitative estimate of drug-likeness (QED) is 0.819. The van der Waals surface area contributed by atoms with Crippen LogP contribution < -0.4 is 4.74 Å². The van der Waals surface area contributed by atoms with E-state index in [1.54, 1.807) is 0 Å². The van der Waals surface area contributed by atoms with Crippen LogP contribution in [0.25, 0.3) is 0 Å². The summed E-state index contributed by atoms with van der Waals surface area (Å²) in [5, 5.41) is 9.25. The molecule has 1 aliphatic rings. The molecule has 1 aliphatic carbocycles. The van der Waals surface area contributed by atoms with Gasteiger partial charge in [0, 0.05) is 6.04 Å². The van der Waals surface area contributed by atoms with Crippen LogP contribution in [-0.2, 0) is 9.59 Å². The van der Waals surface area contributed by atoms with E-state index in [9.17, 15) is 27.9 Å². The molecule has 1 aromatic carbocycles. The highest BCUT2D eigenvalue weighted by molar-refractivity contribution is 5.78. The van der Waals surface area contributed by atoms with Gasteiger partial charge in [-0.2, -0.15) is 0 Å². The molecule has 1 unspecified atom stereocenters. The molecule has 2 rings (SSSR count). The maximum atomic E-state index is 12.1. The second-order valence-corrected chi connectivity index (χ2v) is 4.64. The van der Waals surface area contributed by atoms with Crippen molar-refractivity contribution in [2.75, 3.05) is 0 Å².